The Morgan fingerprint density at radius 1 is 1.32 bits per heavy atom. The van der Waals surface area contributed by atoms with Crippen molar-refractivity contribution in [1.82, 2.24) is 10.3 Å². The van der Waals surface area contributed by atoms with Gasteiger partial charge in [-0.3, -0.25) is 4.72 Å². The third-order valence-electron chi connectivity index (χ3n) is 2.27. The van der Waals surface area contributed by atoms with Crippen molar-refractivity contribution >= 4 is 15.8 Å². The van der Waals surface area contributed by atoms with Crippen LogP contribution in [0.5, 0.6) is 0 Å². The van der Waals surface area contributed by atoms with E-state index in [1.807, 2.05) is 0 Å². The van der Waals surface area contributed by atoms with Crippen molar-refractivity contribution < 1.29 is 21.8 Å². The second-order valence-electron chi connectivity index (χ2n) is 3.80. The molecule has 0 aliphatic heterocycles. The summed E-state index contributed by atoms with van der Waals surface area (Å²) in [6.45, 7) is 1.49. The number of benzene rings is 1. The first kappa shape index (κ1) is 13.4. The Hall–Kier alpha value is -2.03. The van der Waals surface area contributed by atoms with Gasteiger partial charge in [-0.2, -0.15) is 0 Å². The molecule has 19 heavy (non-hydrogen) atoms. The van der Waals surface area contributed by atoms with E-state index in [-0.39, 0.29) is 17.1 Å². The molecule has 1 aromatic heterocycles. The zero-order chi connectivity index (χ0) is 14.0. The zero-order valence-electron chi connectivity index (χ0n) is 9.72. The van der Waals surface area contributed by atoms with Crippen molar-refractivity contribution in [3.63, 3.8) is 0 Å². The van der Waals surface area contributed by atoms with Gasteiger partial charge in [0.1, 0.15) is 17.3 Å². The smallest absolute Gasteiger partial charge is 0.238 e. The summed E-state index contributed by atoms with van der Waals surface area (Å²) in [4.78, 5) is 0. The number of aromatic nitrogens is 2. The zero-order valence-corrected chi connectivity index (χ0v) is 10.5. The fraction of sp³-hybridized carbons (Fsp3) is 0.200. The maximum atomic E-state index is 13.4. The van der Waals surface area contributed by atoms with Gasteiger partial charge < -0.3 is 0 Å². The SMILES string of the molecule is Cc1nonc1NS(=O)(=O)Cc1ccc(F)cc1F. The number of hydrogen-bond acceptors (Lipinski definition) is 5. The molecule has 9 heteroatoms. The molecule has 0 aliphatic rings. The van der Waals surface area contributed by atoms with Crippen LogP contribution in [-0.2, 0) is 15.8 Å². The summed E-state index contributed by atoms with van der Waals surface area (Å²) >= 11 is 0. The topological polar surface area (TPSA) is 85.1 Å². The predicted molar refractivity (Wildman–Crippen MR) is 61.6 cm³/mol. The Balaban J connectivity index is 2.20. The largest absolute Gasteiger partial charge is 0.263 e. The minimum atomic E-state index is -3.89. The molecule has 1 aromatic carbocycles. The van der Waals surface area contributed by atoms with Crippen LogP contribution in [0, 0.1) is 18.6 Å². The van der Waals surface area contributed by atoms with Gasteiger partial charge in [0, 0.05) is 11.6 Å². The van der Waals surface area contributed by atoms with Gasteiger partial charge in [0.2, 0.25) is 15.8 Å². The molecule has 0 bridgehead atoms. The van der Waals surface area contributed by atoms with Crippen LogP contribution in [0.2, 0.25) is 0 Å². The summed E-state index contributed by atoms with van der Waals surface area (Å²) in [5, 5.41) is 6.75. The van der Waals surface area contributed by atoms with E-state index in [9.17, 15) is 17.2 Å². The molecular formula is C10H9F2N3O3S. The predicted octanol–water partition coefficient (Wildman–Crippen LogP) is 1.60. The Labute approximate surface area is 107 Å². The van der Waals surface area contributed by atoms with Crippen molar-refractivity contribution in [2.45, 2.75) is 12.7 Å². The summed E-state index contributed by atoms with van der Waals surface area (Å²) in [5.41, 5.74) is 0.103. The number of sulfonamides is 1. The van der Waals surface area contributed by atoms with Crippen molar-refractivity contribution in [2.75, 3.05) is 4.72 Å². The molecule has 0 atom stereocenters. The Bertz CT molecular complexity index is 700. The lowest BCUT2D eigenvalue weighted by atomic mass is 10.2. The van der Waals surface area contributed by atoms with Gasteiger partial charge in [0.25, 0.3) is 0 Å². The number of hydrogen-bond donors (Lipinski definition) is 1. The maximum absolute atomic E-state index is 13.4. The summed E-state index contributed by atoms with van der Waals surface area (Å²) in [6.07, 6.45) is 0. The van der Waals surface area contributed by atoms with Crippen molar-refractivity contribution in [1.29, 1.82) is 0 Å². The highest BCUT2D eigenvalue weighted by Crippen LogP contribution is 2.16. The summed E-state index contributed by atoms with van der Waals surface area (Å²) in [5.74, 6) is -2.42. The Kier molecular flexibility index (Phi) is 3.47. The first-order valence-corrected chi connectivity index (χ1v) is 6.76. The second-order valence-corrected chi connectivity index (χ2v) is 5.52. The van der Waals surface area contributed by atoms with E-state index in [0.29, 0.717) is 6.07 Å². The van der Waals surface area contributed by atoms with Crippen LogP contribution in [-0.4, -0.2) is 18.7 Å². The molecular weight excluding hydrogens is 280 g/mol. The molecule has 0 aliphatic carbocycles. The van der Waals surface area contributed by atoms with E-state index in [1.165, 1.54) is 6.92 Å². The average molecular weight is 289 g/mol. The second kappa shape index (κ2) is 4.92. The van der Waals surface area contributed by atoms with Crippen LogP contribution in [0.25, 0.3) is 0 Å². The van der Waals surface area contributed by atoms with Gasteiger partial charge in [0.15, 0.2) is 0 Å². The summed E-state index contributed by atoms with van der Waals surface area (Å²) in [7, 11) is -3.89. The van der Waals surface area contributed by atoms with Gasteiger partial charge in [0.05, 0.1) is 5.75 Å². The number of nitrogens with one attached hydrogen (secondary N) is 1. The maximum Gasteiger partial charge on any atom is 0.238 e. The van der Waals surface area contributed by atoms with Crippen LogP contribution >= 0.6 is 0 Å². The van der Waals surface area contributed by atoms with Crippen LogP contribution in [0.15, 0.2) is 22.8 Å². The quantitative estimate of drug-likeness (QED) is 0.924. The van der Waals surface area contributed by atoms with Crippen molar-refractivity contribution in [3.05, 3.63) is 41.1 Å². The number of halogens is 2. The van der Waals surface area contributed by atoms with Crippen LogP contribution in [0.4, 0.5) is 14.6 Å². The third-order valence-corrected chi connectivity index (χ3v) is 3.46. The minimum Gasteiger partial charge on any atom is -0.263 e. The highest BCUT2D eigenvalue weighted by molar-refractivity contribution is 7.91. The number of rotatable bonds is 4. The summed E-state index contributed by atoms with van der Waals surface area (Å²) < 4.78 is 56.0. The minimum absolute atomic E-state index is 0.0671. The Morgan fingerprint density at radius 3 is 2.63 bits per heavy atom. The summed E-state index contributed by atoms with van der Waals surface area (Å²) in [6, 6.07) is 2.67. The van der Waals surface area contributed by atoms with E-state index in [4.69, 9.17) is 0 Å². The van der Waals surface area contributed by atoms with Gasteiger partial charge in [-0.05, 0) is 18.1 Å². The van der Waals surface area contributed by atoms with Crippen LogP contribution in [0.3, 0.4) is 0 Å². The molecule has 2 rings (SSSR count). The Morgan fingerprint density at radius 2 is 2.05 bits per heavy atom. The molecule has 1 N–H and O–H groups in total. The third kappa shape index (κ3) is 3.25. The molecule has 0 radical (unpaired) electrons. The highest BCUT2D eigenvalue weighted by atomic mass is 32.2. The standard InChI is InChI=1S/C10H9F2N3O3S/c1-6-10(14-18-13-6)15-19(16,17)5-7-2-3-8(11)4-9(7)12/h2-4H,5H2,1H3,(H,14,15). The lowest BCUT2D eigenvalue weighted by Crippen LogP contribution is -2.16. The van der Waals surface area contributed by atoms with E-state index in [0.717, 1.165) is 12.1 Å². The van der Waals surface area contributed by atoms with Crippen LogP contribution in [0.1, 0.15) is 11.3 Å². The van der Waals surface area contributed by atoms with Gasteiger partial charge in [-0.1, -0.05) is 11.2 Å². The lowest BCUT2D eigenvalue weighted by molar-refractivity contribution is 0.306. The fourth-order valence-corrected chi connectivity index (χ4v) is 2.55. The normalized spacial score (nSPS) is 11.5. The molecule has 0 amide bonds. The number of anilines is 1. The molecule has 0 fully saturated rings. The first-order chi connectivity index (χ1) is 8.87. The lowest BCUT2D eigenvalue weighted by Gasteiger charge is -2.06. The average Bonchev–Trinajstić information content (AvgIpc) is 2.68. The molecule has 0 saturated heterocycles. The van der Waals surface area contributed by atoms with Crippen molar-refractivity contribution in [3.8, 4) is 0 Å². The van der Waals surface area contributed by atoms with E-state index in [1.54, 1.807) is 0 Å². The van der Waals surface area contributed by atoms with Gasteiger partial charge >= 0.3 is 0 Å². The molecule has 2 aromatic rings. The molecule has 102 valence electrons. The van der Waals surface area contributed by atoms with Gasteiger partial charge in [-0.25, -0.2) is 21.8 Å². The molecule has 1 heterocycles. The van der Waals surface area contributed by atoms with Crippen molar-refractivity contribution in [2.24, 2.45) is 0 Å². The molecule has 6 nitrogen and oxygen atoms in total. The first-order valence-electron chi connectivity index (χ1n) is 5.11. The number of nitrogens with zero attached hydrogens (tertiary/aromatic N) is 2. The highest BCUT2D eigenvalue weighted by Gasteiger charge is 2.18. The van der Waals surface area contributed by atoms with Gasteiger partial charge in [-0.15, -0.1) is 0 Å². The monoisotopic (exact) mass is 289 g/mol. The molecule has 0 saturated carbocycles. The fourth-order valence-electron chi connectivity index (χ4n) is 1.35. The van der Waals surface area contributed by atoms with E-state index in [2.05, 4.69) is 19.7 Å². The molecule has 0 spiro atoms. The molecule has 0 unspecified atom stereocenters. The van der Waals surface area contributed by atoms with E-state index < -0.39 is 27.4 Å². The number of aryl methyl sites for hydroxylation is 1. The van der Waals surface area contributed by atoms with E-state index >= 15 is 0 Å². The van der Waals surface area contributed by atoms with Crippen LogP contribution < -0.4 is 4.72 Å².